The standard InChI is InChI=1S/C17H25N5OS.2ClH/c1-21(2)14(15-5-3-12-24-15)13-19-16(23)17(6-9-18-10-7-17)22-11-4-8-20-22;;/h3-5,8,11-12,14,18H,6-7,9-10,13H2,1-2H3,(H,19,23);2*1H. The second-order valence-electron chi connectivity index (χ2n) is 6.44. The second-order valence-corrected chi connectivity index (χ2v) is 7.42. The first-order chi connectivity index (χ1) is 11.6. The molecule has 1 saturated heterocycles. The van der Waals surface area contributed by atoms with Crippen molar-refractivity contribution >= 4 is 42.1 Å². The Bertz CT molecular complexity index is 642. The third kappa shape index (κ3) is 4.78. The molecule has 0 radical (unpaired) electrons. The normalized spacial score (nSPS) is 17.0. The predicted molar refractivity (Wildman–Crippen MR) is 111 cm³/mol. The molecule has 2 N–H and O–H groups in total. The number of piperidine rings is 1. The number of carbonyl (C=O) groups excluding carboxylic acids is 1. The molecule has 0 spiro atoms. The van der Waals surface area contributed by atoms with Gasteiger partial charge < -0.3 is 15.5 Å². The van der Waals surface area contributed by atoms with Crippen LogP contribution >= 0.6 is 36.2 Å². The zero-order valence-corrected chi connectivity index (χ0v) is 17.5. The fraction of sp³-hybridized carbons (Fsp3) is 0.529. The lowest BCUT2D eigenvalue weighted by molar-refractivity contribution is -0.132. The summed E-state index contributed by atoms with van der Waals surface area (Å²) in [5.74, 6) is 0.0658. The number of nitrogens with zero attached hydrogens (tertiary/aromatic N) is 3. The Morgan fingerprint density at radius 3 is 2.65 bits per heavy atom. The highest BCUT2D eigenvalue weighted by Crippen LogP contribution is 2.28. The number of aromatic nitrogens is 2. The largest absolute Gasteiger partial charge is 0.352 e. The van der Waals surface area contributed by atoms with E-state index in [4.69, 9.17) is 0 Å². The van der Waals surface area contributed by atoms with Crippen molar-refractivity contribution < 1.29 is 4.79 Å². The Labute approximate surface area is 171 Å². The molecule has 0 saturated carbocycles. The molecule has 146 valence electrons. The SMILES string of the molecule is CN(C)C(CNC(=O)C1(n2cccn2)CCNCC1)c1cccs1.Cl.Cl. The Kier molecular flexibility index (Phi) is 9.06. The van der Waals surface area contributed by atoms with Gasteiger partial charge in [-0.2, -0.15) is 5.10 Å². The number of hydrogen-bond acceptors (Lipinski definition) is 5. The van der Waals surface area contributed by atoms with E-state index >= 15 is 0 Å². The maximum Gasteiger partial charge on any atom is 0.248 e. The summed E-state index contributed by atoms with van der Waals surface area (Å²) in [7, 11) is 4.09. The van der Waals surface area contributed by atoms with Crippen LogP contribution in [-0.2, 0) is 10.3 Å². The maximum absolute atomic E-state index is 13.1. The molecule has 1 fully saturated rings. The third-order valence-electron chi connectivity index (χ3n) is 4.75. The topological polar surface area (TPSA) is 62.2 Å². The van der Waals surface area contributed by atoms with E-state index in [-0.39, 0.29) is 36.8 Å². The predicted octanol–water partition coefficient (Wildman–Crippen LogP) is 2.29. The number of hydrogen-bond donors (Lipinski definition) is 2. The first-order valence-electron chi connectivity index (χ1n) is 8.32. The molecule has 6 nitrogen and oxygen atoms in total. The Balaban J connectivity index is 0.00000169. The molecule has 2 aromatic heterocycles. The van der Waals surface area contributed by atoms with Crippen LogP contribution < -0.4 is 10.6 Å². The molecular formula is C17H27Cl2N5OS. The molecule has 0 aromatic carbocycles. The van der Waals surface area contributed by atoms with Gasteiger partial charge in [-0.15, -0.1) is 36.2 Å². The summed E-state index contributed by atoms with van der Waals surface area (Å²) >= 11 is 1.72. The minimum absolute atomic E-state index is 0. The van der Waals surface area contributed by atoms with Crippen LogP contribution in [0.3, 0.4) is 0 Å². The van der Waals surface area contributed by atoms with Crippen LogP contribution in [0.1, 0.15) is 23.8 Å². The summed E-state index contributed by atoms with van der Waals surface area (Å²) in [6.45, 7) is 2.26. The van der Waals surface area contributed by atoms with Gasteiger partial charge in [-0.25, -0.2) is 0 Å². The quantitative estimate of drug-likeness (QED) is 0.753. The highest BCUT2D eigenvalue weighted by Gasteiger charge is 2.42. The van der Waals surface area contributed by atoms with Gasteiger partial charge in [0.2, 0.25) is 5.91 Å². The summed E-state index contributed by atoms with van der Waals surface area (Å²) < 4.78 is 1.83. The lowest BCUT2D eigenvalue weighted by atomic mass is 9.87. The first-order valence-corrected chi connectivity index (χ1v) is 9.20. The summed E-state index contributed by atoms with van der Waals surface area (Å²) in [5, 5.41) is 13.0. The van der Waals surface area contributed by atoms with E-state index < -0.39 is 5.54 Å². The molecule has 9 heteroatoms. The van der Waals surface area contributed by atoms with E-state index in [9.17, 15) is 4.79 Å². The highest BCUT2D eigenvalue weighted by molar-refractivity contribution is 7.10. The van der Waals surface area contributed by atoms with Crippen LogP contribution in [0, 0.1) is 0 Å². The average Bonchev–Trinajstić information content (AvgIpc) is 3.29. The molecule has 1 unspecified atom stereocenters. The fourth-order valence-electron chi connectivity index (χ4n) is 3.29. The molecule has 1 aliphatic rings. The smallest absolute Gasteiger partial charge is 0.248 e. The van der Waals surface area contributed by atoms with Gasteiger partial charge in [0, 0.05) is 23.8 Å². The molecule has 0 bridgehead atoms. The molecule has 0 aliphatic carbocycles. The number of amides is 1. The second kappa shape index (κ2) is 10.3. The van der Waals surface area contributed by atoms with Crippen molar-refractivity contribution in [2.24, 2.45) is 0 Å². The molecule has 3 rings (SSSR count). The van der Waals surface area contributed by atoms with E-state index in [1.807, 2.05) is 31.0 Å². The van der Waals surface area contributed by atoms with Gasteiger partial charge in [-0.1, -0.05) is 6.07 Å². The van der Waals surface area contributed by atoms with E-state index in [0.717, 1.165) is 25.9 Å². The first kappa shape index (κ1) is 22.9. The molecule has 1 atom stereocenters. The van der Waals surface area contributed by atoms with Gasteiger partial charge in [0.05, 0.1) is 6.04 Å². The summed E-state index contributed by atoms with van der Waals surface area (Å²) in [4.78, 5) is 16.5. The fourth-order valence-corrected chi connectivity index (χ4v) is 4.22. The van der Waals surface area contributed by atoms with Gasteiger partial charge in [0.1, 0.15) is 5.54 Å². The number of rotatable bonds is 6. The van der Waals surface area contributed by atoms with Gasteiger partial charge >= 0.3 is 0 Å². The number of likely N-dealkylation sites (N-methyl/N-ethyl adjacent to an activating group) is 1. The zero-order valence-electron chi connectivity index (χ0n) is 15.1. The lowest BCUT2D eigenvalue weighted by Gasteiger charge is -2.37. The van der Waals surface area contributed by atoms with Crippen LogP contribution in [-0.4, -0.2) is 54.3 Å². The van der Waals surface area contributed by atoms with Crippen LogP contribution in [0.15, 0.2) is 36.0 Å². The van der Waals surface area contributed by atoms with Crippen LogP contribution in [0.4, 0.5) is 0 Å². The van der Waals surface area contributed by atoms with E-state index in [1.165, 1.54) is 4.88 Å². The van der Waals surface area contributed by atoms with Crippen LogP contribution in [0.5, 0.6) is 0 Å². The average molecular weight is 420 g/mol. The van der Waals surface area contributed by atoms with Crippen molar-refractivity contribution in [3.8, 4) is 0 Å². The van der Waals surface area contributed by atoms with Crippen molar-refractivity contribution in [2.45, 2.75) is 24.4 Å². The van der Waals surface area contributed by atoms with Crippen molar-refractivity contribution in [3.63, 3.8) is 0 Å². The zero-order chi connectivity index (χ0) is 17.0. The van der Waals surface area contributed by atoms with Gasteiger partial charge in [0.15, 0.2) is 0 Å². The van der Waals surface area contributed by atoms with Crippen molar-refractivity contribution in [2.75, 3.05) is 33.7 Å². The van der Waals surface area contributed by atoms with Gasteiger partial charge in [-0.3, -0.25) is 9.48 Å². The Hall–Kier alpha value is -1.12. The van der Waals surface area contributed by atoms with Crippen molar-refractivity contribution in [3.05, 3.63) is 40.8 Å². The molecule has 26 heavy (non-hydrogen) atoms. The van der Waals surface area contributed by atoms with Gasteiger partial charge in [-0.05, 0) is 57.5 Å². The lowest BCUT2D eigenvalue weighted by Crippen LogP contribution is -2.55. The molecule has 1 amide bonds. The van der Waals surface area contributed by atoms with E-state index in [0.29, 0.717) is 6.54 Å². The molecular weight excluding hydrogens is 393 g/mol. The number of carbonyl (C=O) groups is 1. The Morgan fingerprint density at radius 1 is 1.38 bits per heavy atom. The number of nitrogens with one attached hydrogen (secondary N) is 2. The minimum Gasteiger partial charge on any atom is -0.352 e. The third-order valence-corrected chi connectivity index (χ3v) is 5.72. The Morgan fingerprint density at radius 2 is 2.12 bits per heavy atom. The van der Waals surface area contributed by atoms with Gasteiger partial charge in [0.25, 0.3) is 0 Å². The minimum atomic E-state index is -0.582. The highest BCUT2D eigenvalue weighted by atomic mass is 35.5. The van der Waals surface area contributed by atoms with Crippen molar-refractivity contribution in [1.82, 2.24) is 25.3 Å². The van der Waals surface area contributed by atoms with Crippen molar-refractivity contribution in [1.29, 1.82) is 0 Å². The maximum atomic E-state index is 13.1. The number of halogens is 2. The molecule has 1 aliphatic heterocycles. The van der Waals surface area contributed by atoms with E-state index in [2.05, 4.69) is 38.1 Å². The van der Waals surface area contributed by atoms with Crippen LogP contribution in [0.2, 0.25) is 0 Å². The van der Waals surface area contributed by atoms with E-state index in [1.54, 1.807) is 17.5 Å². The summed E-state index contributed by atoms with van der Waals surface area (Å²) in [6, 6.07) is 6.24. The summed E-state index contributed by atoms with van der Waals surface area (Å²) in [6.07, 6.45) is 5.15. The monoisotopic (exact) mass is 419 g/mol. The number of thiophene rings is 1. The molecule has 2 aromatic rings. The molecule has 3 heterocycles. The summed E-state index contributed by atoms with van der Waals surface area (Å²) in [5.41, 5.74) is -0.582. The van der Waals surface area contributed by atoms with Crippen LogP contribution in [0.25, 0.3) is 0 Å².